The molecular formula is C25H29N4O9P. The highest BCUT2D eigenvalue weighted by Crippen LogP contribution is 2.41. The van der Waals surface area contributed by atoms with E-state index >= 15 is 0 Å². The maximum Gasteiger partial charge on any atom is 0.524 e. The fourth-order valence-corrected chi connectivity index (χ4v) is 4.44. The molecule has 1 saturated heterocycles. The van der Waals surface area contributed by atoms with E-state index in [0.717, 1.165) is 44.0 Å². The molecule has 4 rings (SSSR count). The van der Waals surface area contributed by atoms with Crippen LogP contribution in [0.5, 0.6) is 11.5 Å². The van der Waals surface area contributed by atoms with Crippen LogP contribution in [-0.2, 0) is 20.6 Å². The summed E-state index contributed by atoms with van der Waals surface area (Å²) in [7, 11) is -4.88. The number of unbranched alkanes of at least 4 members (excludes halogenated alkanes) is 1. The molecule has 1 fully saturated rings. The molecule has 39 heavy (non-hydrogen) atoms. The van der Waals surface area contributed by atoms with E-state index in [1.54, 1.807) is 24.4 Å². The fourth-order valence-electron chi connectivity index (χ4n) is 4.03. The van der Waals surface area contributed by atoms with Crippen LogP contribution in [0, 0.1) is 0 Å². The molecule has 1 aliphatic heterocycles. The van der Waals surface area contributed by atoms with E-state index in [9.17, 15) is 14.2 Å². The second-order valence-corrected chi connectivity index (χ2v) is 9.73. The summed E-state index contributed by atoms with van der Waals surface area (Å²) < 4.78 is 33.5. The van der Waals surface area contributed by atoms with Crippen molar-refractivity contribution in [1.29, 1.82) is 0 Å². The SMILES string of the molecule is O=Cc1c(OCc2cccnc2-c2ccnn2C(=O)OCCCCN2CCOCC2)cccc1OP(=O)(O)O. The number of rotatable bonds is 12. The molecule has 0 saturated carbocycles. The van der Waals surface area contributed by atoms with Crippen molar-refractivity contribution in [3.63, 3.8) is 0 Å². The summed E-state index contributed by atoms with van der Waals surface area (Å²) in [5.41, 5.74) is 1.21. The van der Waals surface area contributed by atoms with Crippen LogP contribution < -0.4 is 9.26 Å². The van der Waals surface area contributed by atoms with Gasteiger partial charge in [-0.25, -0.2) is 9.36 Å². The van der Waals surface area contributed by atoms with Gasteiger partial charge in [0.25, 0.3) is 0 Å². The first-order valence-electron chi connectivity index (χ1n) is 12.3. The molecule has 3 heterocycles. The van der Waals surface area contributed by atoms with Crippen molar-refractivity contribution < 1.29 is 42.7 Å². The molecule has 1 aromatic carbocycles. The molecule has 0 bridgehead atoms. The monoisotopic (exact) mass is 560 g/mol. The van der Waals surface area contributed by atoms with Crippen LogP contribution >= 0.6 is 7.82 Å². The average Bonchev–Trinajstić information content (AvgIpc) is 3.41. The lowest BCUT2D eigenvalue weighted by Gasteiger charge is -2.26. The van der Waals surface area contributed by atoms with Gasteiger partial charge in [-0.3, -0.25) is 24.5 Å². The number of aromatic nitrogens is 3. The van der Waals surface area contributed by atoms with Crippen molar-refractivity contribution in [3.8, 4) is 22.9 Å². The first-order chi connectivity index (χ1) is 18.9. The number of pyridine rings is 1. The molecule has 0 amide bonds. The second kappa shape index (κ2) is 13.5. The molecule has 3 aromatic rings. The van der Waals surface area contributed by atoms with Crippen molar-refractivity contribution >= 4 is 20.2 Å². The van der Waals surface area contributed by atoms with Crippen molar-refractivity contribution in [2.24, 2.45) is 0 Å². The zero-order valence-corrected chi connectivity index (χ0v) is 21.9. The summed E-state index contributed by atoms with van der Waals surface area (Å²) in [6.07, 6.45) is 4.37. The largest absolute Gasteiger partial charge is 0.524 e. The predicted molar refractivity (Wildman–Crippen MR) is 138 cm³/mol. The van der Waals surface area contributed by atoms with Gasteiger partial charge in [0, 0.05) is 24.8 Å². The third-order valence-electron chi connectivity index (χ3n) is 5.89. The third kappa shape index (κ3) is 7.94. The number of hydrogen-bond acceptors (Lipinski definition) is 10. The molecular weight excluding hydrogens is 531 g/mol. The van der Waals surface area contributed by atoms with E-state index in [2.05, 4.69) is 19.5 Å². The van der Waals surface area contributed by atoms with E-state index in [4.69, 9.17) is 24.0 Å². The Morgan fingerprint density at radius 2 is 1.87 bits per heavy atom. The normalized spacial score (nSPS) is 14.1. The summed E-state index contributed by atoms with van der Waals surface area (Å²) in [6.45, 7) is 4.41. The summed E-state index contributed by atoms with van der Waals surface area (Å²) in [5, 5.41) is 4.10. The first-order valence-corrected chi connectivity index (χ1v) is 13.8. The number of carbonyl (C=O) groups is 2. The van der Waals surface area contributed by atoms with Crippen LogP contribution in [0.1, 0.15) is 28.8 Å². The maximum atomic E-state index is 12.8. The Morgan fingerprint density at radius 3 is 2.64 bits per heavy atom. The summed E-state index contributed by atoms with van der Waals surface area (Å²) in [6, 6.07) is 9.18. The van der Waals surface area contributed by atoms with Gasteiger partial charge in [-0.2, -0.15) is 9.78 Å². The molecule has 0 unspecified atom stereocenters. The van der Waals surface area contributed by atoms with Gasteiger partial charge < -0.3 is 18.7 Å². The Bertz CT molecular complexity index is 1320. The second-order valence-electron chi connectivity index (χ2n) is 8.57. The van der Waals surface area contributed by atoms with E-state index < -0.39 is 13.9 Å². The van der Waals surface area contributed by atoms with Gasteiger partial charge in [0.1, 0.15) is 18.1 Å². The first kappa shape index (κ1) is 28.4. The Kier molecular flexibility index (Phi) is 9.79. The molecule has 208 valence electrons. The van der Waals surface area contributed by atoms with Crippen LogP contribution in [0.2, 0.25) is 0 Å². The number of phosphoric acid groups is 1. The number of hydrogen-bond donors (Lipinski definition) is 2. The highest BCUT2D eigenvalue weighted by Gasteiger charge is 2.22. The smallest absolute Gasteiger partial charge is 0.488 e. The van der Waals surface area contributed by atoms with Gasteiger partial charge in [0.15, 0.2) is 6.29 Å². The predicted octanol–water partition coefficient (Wildman–Crippen LogP) is 2.91. The lowest BCUT2D eigenvalue weighted by Crippen LogP contribution is -2.36. The van der Waals surface area contributed by atoms with E-state index in [0.29, 0.717) is 29.7 Å². The Morgan fingerprint density at radius 1 is 1.08 bits per heavy atom. The third-order valence-corrected chi connectivity index (χ3v) is 6.33. The molecule has 2 aromatic heterocycles. The average molecular weight is 561 g/mol. The molecule has 2 N–H and O–H groups in total. The van der Waals surface area contributed by atoms with Crippen LogP contribution in [0.4, 0.5) is 4.79 Å². The lowest BCUT2D eigenvalue weighted by molar-refractivity contribution is 0.0364. The van der Waals surface area contributed by atoms with Gasteiger partial charge in [-0.15, -0.1) is 0 Å². The highest BCUT2D eigenvalue weighted by atomic mass is 31.2. The lowest BCUT2D eigenvalue weighted by atomic mass is 10.1. The number of nitrogens with zero attached hydrogens (tertiary/aromatic N) is 4. The zero-order valence-electron chi connectivity index (χ0n) is 21.0. The van der Waals surface area contributed by atoms with Crippen LogP contribution in [0.15, 0.2) is 48.8 Å². The molecule has 0 aliphatic carbocycles. The van der Waals surface area contributed by atoms with Crippen LogP contribution in [-0.4, -0.2) is 81.3 Å². The van der Waals surface area contributed by atoms with Crippen molar-refractivity contribution in [2.45, 2.75) is 19.4 Å². The number of phosphoric ester groups is 1. The number of aldehydes is 1. The van der Waals surface area contributed by atoms with Crippen LogP contribution in [0.25, 0.3) is 11.4 Å². The Balaban J connectivity index is 1.40. The van der Waals surface area contributed by atoms with E-state index in [1.807, 2.05) is 0 Å². The minimum Gasteiger partial charge on any atom is -0.488 e. The van der Waals surface area contributed by atoms with Gasteiger partial charge in [0.05, 0.1) is 43.0 Å². The van der Waals surface area contributed by atoms with Crippen molar-refractivity contribution in [1.82, 2.24) is 19.7 Å². The van der Waals surface area contributed by atoms with Gasteiger partial charge in [-0.05, 0) is 43.7 Å². The minimum absolute atomic E-state index is 0.0516. The van der Waals surface area contributed by atoms with Crippen molar-refractivity contribution in [2.75, 3.05) is 39.5 Å². The summed E-state index contributed by atoms with van der Waals surface area (Å²) in [5.74, 6) is -0.260. The highest BCUT2D eigenvalue weighted by molar-refractivity contribution is 7.46. The Labute approximate surface area is 224 Å². The zero-order chi connectivity index (χ0) is 27.7. The quantitative estimate of drug-likeness (QED) is 0.189. The van der Waals surface area contributed by atoms with Crippen LogP contribution in [0.3, 0.4) is 0 Å². The van der Waals surface area contributed by atoms with Gasteiger partial charge in [-0.1, -0.05) is 12.1 Å². The topological polar surface area (TPSA) is 163 Å². The van der Waals surface area contributed by atoms with Gasteiger partial charge in [0.2, 0.25) is 0 Å². The number of benzene rings is 1. The standard InChI is InChI=1S/C25H29N4O9P/c30-17-20-22(6-3-7-23(20)38-39(32,33)34)37-18-19-5-4-9-26-24(19)21-8-10-27-29(21)25(31)36-14-2-1-11-28-12-15-35-16-13-28/h3-10,17H,1-2,11-16,18H2,(H2,32,33,34). The van der Waals surface area contributed by atoms with Crippen molar-refractivity contribution in [3.05, 3.63) is 59.9 Å². The van der Waals surface area contributed by atoms with E-state index in [1.165, 1.54) is 24.4 Å². The molecule has 13 nitrogen and oxygen atoms in total. The van der Waals surface area contributed by atoms with E-state index in [-0.39, 0.29) is 30.3 Å². The molecule has 0 atom stereocenters. The van der Waals surface area contributed by atoms with Gasteiger partial charge >= 0.3 is 13.9 Å². The molecule has 0 spiro atoms. The number of ether oxygens (including phenoxy) is 3. The maximum absolute atomic E-state index is 12.8. The number of morpholine rings is 1. The number of carbonyl (C=O) groups excluding carboxylic acids is 2. The fraction of sp³-hybridized carbons (Fsp3) is 0.360. The summed E-state index contributed by atoms with van der Waals surface area (Å²) >= 11 is 0. The minimum atomic E-state index is -4.88. The molecule has 0 radical (unpaired) electrons. The molecule has 14 heteroatoms. The molecule has 1 aliphatic rings. The Hall–Kier alpha value is -3.61. The summed E-state index contributed by atoms with van der Waals surface area (Å²) in [4.78, 5) is 49.3.